The van der Waals surface area contributed by atoms with Gasteiger partial charge in [-0.3, -0.25) is 0 Å². The van der Waals surface area contributed by atoms with Crippen molar-refractivity contribution in [2.75, 3.05) is 0 Å². The smallest absolute Gasteiger partial charge is 0.0553 e. The Morgan fingerprint density at radius 3 is 0.583 bits per heavy atom. The first-order chi connectivity index (χ1) is 34.1. The lowest BCUT2D eigenvalue weighted by Crippen LogP contribution is -2.11. The molecule has 1 aliphatic rings. The van der Waals surface area contributed by atoms with Crippen LogP contribution in [0.1, 0.15) is 105 Å². The molecular formula is C64H58N2S6. The van der Waals surface area contributed by atoms with Gasteiger partial charge in [-0.2, -0.15) is 0 Å². The van der Waals surface area contributed by atoms with Crippen LogP contribution in [0.5, 0.6) is 0 Å². The molecule has 12 aromatic rings. The van der Waals surface area contributed by atoms with Gasteiger partial charge in [-0.1, -0.05) is 83.1 Å². The van der Waals surface area contributed by atoms with Gasteiger partial charge in [0, 0.05) is 102 Å². The van der Waals surface area contributed by atoms with Gasteiger partial charge in [-0.05, 0) is 165 Å². The number of nitrogens with one attached hydrogen (secondary N) is 2. The normalized spacial score (nSPS) is 13.3. The number of aromatic amines is 2. The number of benzene rings is 4. The van der Waals surface area contributed by atoms with Crippen molar-refractivity contribution in [2.45, 2.75) is 105 Å². The van der Waals surface area contributed by atoms with E-state index >= 15 is 0 Å². The van der Waals surface area contributed by atoms with E-state index in [2.05, 4.69) is 214 Å². The van der Waals surface area contributed by atoms with E-state index in [9.17, 15) is 0 Å². The van der Waals surface area contributed by atoms with Gasteiger partial charge in [-0.15, -0.1) is 68.0 Å². The van der Waals surface area contributed by atoms with E-state index in [0.29, 0.717) is 0 Å². The summed E-state index contributed by atoms with van der Waals surface area (Å²) in [6.45, 7) is 28.1. The fraction of sp³-hybridized carbons (Fsp3) is 0.250. The maximum Gasteiger partial charge on any atom is 0.0553 e. The van der Waals surface area contributed by atoms with Crippen LogP contribution in [0.25, 0.3) is 124 Å². The molecule has 0 radical (unpaired) electrons. The number of hydrogen-bond donors (Lipinski definition) is 2. The number of thiophene rings is 6. The Morgan fingerprint density at radius 1 is 0.236 bits per heavy atom. The van der Waals surface area contributed by atoms with Crippen LogP contribution in [0.4, 0.5) is 0 Å². The average molecular weight is 1050 g/mol. The van der Waals surface area contributed by atoms with E-state index in [0.717, 1.165) is 0 Å². The molecule has 2 nitrogen and oxygen atoms in total. The summed E-state index contributed by atoms with van der Waals surface area (Å²) in [5.41, 5.74) is 15.2. The molecule has 13 rings (SSSR count). The summed E-state index contributed by atoms with van der Waals surface area (Å²) in [6, 6.07) is 47.9. The summed E-state index contributed by atoms with van der Waals surface area (Å²) in [7, 11) is 0. The predicted octanol–water partition coefficient (Wildman–Crippen LogP) is 22.2. The Labute approximate surface area is 447 Å². The third-order valence-electron chi connectivity index (χ3n) is 14.8. The Morgan fingerprint density at radius 2 is 0.403 bits per heavy atom. The molecule has 4 aromatic carbocycles. The van der Waals surface area contributed by atoms with Crippen molar-refractivity contribution in [3.63, 3.8) is 0 Å². The number of aromatic nitrogens is 2. The second-order valence-corrected chi connectivity index (χ2v) is 30.5. The summed E-state index contributed by atoms with van der Waals surface area (Å²) in [6.07, 6.45) is 0. The van der Waals surface area contributed by atoms with Crippen molar-refractivity contribution in [1.29, 1.82) is 0 Å². The molecule has 360 valence electrons. The minimum Gasteiger partial charge on any atom is -0.353 e. The van der Waals surface area contributed by atoms with Gasteiger partial charge in [0.25, 0.3) is 0 Å². The van der Waals surface area contributed by atoms with E-state index in [4.69, 9.17) is 0 Å². The van der Waals surface area contributed by atoms with E-state index in [1.165, 1.54) is 147 Å². The molecule has 0 atom stereocenters. The molecule has 16 bridgehead atoms. The molecule has 9 heterocycles. The molecule has 8 aromatic heterocycles. The van der Waals surface area contributed by atoms with Gasteiger partial charge >= 0.3 is 0 Å². The molecule has 0 saturated carbocycles. The molecule has 0 spiro atoms. The summed E-state index contributed by atoms with van der Waals surface area (Å²) in [5.74, 6) is 0. The fourth-order valence-corrected chi connectivity index (χ4v) is 16.9. The highest BCUT2D eigenvalue weighted by atomic mass is 32.1. The zero-order valence-corrected chi connectivity index (χ0v) is 47.9. The van der Waals surface area contributed by atoms with Crippen LogP contribution in [0.2, 0.25) is 0 Å². The third kappa shape index (κ3) is 7.69. The molecule has 0 amide bonds. The van der Waals surface area contributed by atoms with E-state index < -0.39 is 0 Å². The first-order valence-electron chi connectivity index (χ1n) is 25.0. The number of rotatable bonds is 0. The van der Waals surface area contributed by atoms with Crippen LogP contribution in [0.15, 0.2) is 121 Å². The van der Waals surface area contributed by atoms with Gasteiger partial charge in [-0.25, -0.2) is 0 Å². The quantitative estimate of drug-likeness (QED) is 0.152. The van der Waals surface area contributed by atoms with Crippen molar-refractivity contribution >= 4 is 112 Å². The molecule has 0 saturated heterocycles. The van der Waals surface area contributed by atoms with Crippen LogP contribution in [0.3, 0.4) is 0 Å². The van der Waals surface area contributed by atoms with Gasteiger partial charge < -0.3 is 9.97 Å². The number of hydrogen-bond acceptors (Lipinski definition) is 6. The standard InChI is InChI=1S/C64H58N2S6/c1-61(2,3)33-25-37-38-26-34(62(4,5)6)30-42-46-14-18-50(68-46)55-23-24-56(72-55)52-20-16-48(70-52)44-32-36(64(10,11)12)28-40-39-27-35(63(7,8)9)31-43(59(39)66-60(40)44)47-15-19-51(69-47)54-22-21-53(71-54)49-17-13-45(67-49)41(29-33)57(37)65-58(38)42/h13-32,65-66H,1-12H3. The minimum atomic E-state index is -0.0312. The highest BCUT2D eigenvalue weighted by Crippen LogP contribution is 2.51. The Kier molecular flexibility index (Phi) is 10.4. The Balaban J connectivity index is 1.06. The molecule has 0 aliphatic carbocycles. The zero-order valence-electron chi connectivity index (χ0n) is 43.0. The van der Waals surface area contributed by atoms with Crippen molar-refractivity contribution in [3.05, 3.63) is 144 Å². The SMILES string of the molecule is CC(C)(C)c1cc2c3[nH]c4c(cc(C(C)(C)C)cc4c3c1)-c1ccc(s1)-c1ccc(s1)-c1ccc(s1)-c1cc(C(C)(C)C)cc3c1[nH]c1c(cc(C(C)(C)C)cc13)-c1ccc(s1)-c1ccc(s1)-c1ccc-2s1. The molecule has 0 unspecified atom stereocenters. The van der Waals surface area contributed by atoms with E-state index in [1.54, 1.807) is 0 Å². The Hall–Kier alpha value is -5.32. The first kappa shape index (κ1) is 46.5. The molecule has 8 heteroatoms. The van der Waals surface area contributed by atoms with Crippen molar-refractivity contribution in [1.82, 2.24) is 9.97 Å². The van der Waals surface area contributed by atoms with Crippen LogP contribution in [-0.2, 0) is 21.7 Å². The Bertz CT molecular complexity index is 3620. The fourth-order valence-electron chi connectivity index (χ4n) is 10.4. The number of H-pyrrole nitrogens is 2. The van der Waals surface area contributed by atoms with Crippen LogP contribution >= 0.6 is 68.0 Å². The van der Waals surface area contributed by atoms with Gasteiger partial charge in [0.1, 0.15) is 0 Å². The molecular weight excluding hydrogens is 989 g/mol. The highest BCUT2D eigenvalue weighted by Gasteiger charge is 2.27. The summed E-state index contributed by atoms with van der Waals surface area (Å²) in [4.78, 5) is 23.8. The minimum absolute atomic E-state index is 0.0312. The molecule has 2 N–H and O–H groups in total. The molecule has 0 fully saturated rings. The van der Waals surface area contributed by atoms with Crippen molar-refractivity contribution in [2.24, 2.45) is 0 Å². The zero-order chi connectivity index (χ0) is 50.0. The van der Waals surface area contributed by atoms with Gasteiger partial charge in [0.2, 0.25) is 0 Å². The number of fused-ring (bicyclic) bond motifs is 22. The lowest BCUT2D eigenvalue weighted by molar-refractivity contribution is 0.590. The van der Waals surface area contributed by atoms with E-state index in [-0.39, 0.29) is 21.7 Å². The predicted molar refractivity (Wildman–Crippen MR) is 324 cm³/mol. The maximum absolute atomic E-state index is 4.10. The summed E-state index contributed by atoms with van der Waals surface area (Å²) < 4.78 is 0. The van der Waals surface area contributed by atoms with Crippen LogP contribution in [-0.4, -0.2) is 9.97 Å². The van der Waals surface area contributed by atoms with Crippen molar-refractivity contribution < 1.29 is 0 Å². The average Bonchev–Trinajstić information content (AvgIpc) is 4.17. The van der Waals surface area contributed by atoms with Crippen LogP contribution < -0.4 is 0 Å². The van der Waals surface area contributed by atoms with E-state index in [1.807, 2.05) is 68.0 Å². The van der Waals surface area contributed by atoms with Crippen LogP contribution in [0, 0.1) is 0 Å². The third-order valence-corrected chi connectivity index (χ3v) is 22.2. The summed E-state index contributed by atoms with van der Waals surface area (Å²) in [5, 5.41) is 5.19. The monoisotopic (exact) mass is 1050 g/mol. The maximum atomic E-state index is 4.10. The summed E-state index contributed by atoms with van der Waals surface area (Å²) >= 11 is 11.5. The van der Waals surface area contributed by atoms with Gasteiger partial charge in [0.05, 0.1) is 22.1 Å². The lowest BCUT2D eigenvalue weighted by atomic mass is 9.83. The largest absolute Gasteiger partial charge is 0.353 e. The lowest BCUT2D eigenvalue weighted by Gasteiger charge is -2.21. The topological polar surface area (TPSA) is 31.6 Å². The first-order valence-corrected chi connectivity index (χ1v) is 29.9. The van der Waals surface area contributed by atoms with Crippen molar-refractivity contribution in [3.8, 4) is 80.8 Å². The second-order valence-electron chi connectivity index (χ2n) is 24.0. The molecule has 72 heavy (non-hydrogen) atoms. The second kappa shape index (κ2) is 16.1. The molecule has 1 aliphatic heterocycles. The van der Waals surface area contributed by atoms with Gasteiger partial charge in [0.15, 0.2) is 0 Å². The highest BCUT2D eigenvalue weighted by molar-refractivity contribution is 7.29.